The van der Waals surface area contributed by atoms with E-state index >= 15 is 0 Å². The van der Waals surface area contributed by atoms with Gasteiger partial charge in [-0.05, 0) is 37.2 Å². The number of hydrogen-bond acceptors (Lipinski definition) is 5. The molecule has 2 aliphatic rings. The van der Waals surface area contributed by atoms with Crippen LogP contribution in [0.15, 0.2) is 54.6 Å². The number of nitrogens with one attached hydrogen (secondary N) is 1. The third-order valence-electron chi connectivity index (χ3n) is 5.58. The van der Waals surface area contributed by atoms with Crippen LogP contribution in [0.2, 0.25) is 0 Å². The van der Waals surface area contributed by atoms with Gasteiger partial charge in [0.05, 0.1) is 5.69 Å². The van der Waals surface area contributed by atoms with Crippen LogP contribution in [-0.4, -0.2) is 69.1 Å². The molecule has 2 amide bonds. The Kier molecular flexibility index (Phi) is 6.49. The molecular formula is C23H28N4O3. The number of amides is 2. The van der Waals surface area contributed by atoms with Crippen molar-refractivity contribution in [1.29, 1.82) is 0 Å². The fourth-order valence-electron chi connectivity index (χ4n) is 3.93. The lowest BCUT2D eigenvalue weighted by molar-refractivity contribution is -0.125. The maximum absolute atomic E-state index is 12.4. The van der Waals surface area contributed by atoms with Gasteiger partial charge in [-0.1, -0.05) is 30.3 Å². The number of fused-ring (bicyclic) bond motifs is 1. The molecule has 1 saturated heterocycles. The monoisotopic (exact) mass is 408 g/mol. The molecule has 0 bridgehead atoms. The quantitative estimate of drug-likeness (QED) is 0.707. The summed E-state index contributed by atoms with van der Waals surface area (Å²) in [4.78, 5) is 30.9. The van der Waals surface area contributed by atoms with Crippen molar-refractivity contribution in [3.63, 3.8) is 0 Å². The van der Waals surface area contributed by atoms with E-state index in [0.717, 1.165) is 39.1 Å². The molecular weight excluding hydrogens is 380 g/mol. The smallest absolute Gasteiger partial charge is 0.265 e. The summed E-state index contributed by atoms with van der Waals surface area (Å²) in [7, 11) is 0. The zero-order chi connectivity index (χ0) is 20.8. The summed E-state index contributed by atoms with van der Waals surface area (Å²) in [5.41, 5.74) is 1.93. The van der Waals surface area contributed by atoms with Gasteiger partial charge in [0.25, 0.3) is 5.91 Å². The second kappa shape index (κ2) is 9.63. The molecule has 0 unspecified atom stereocenters. The fraction of sp³-hybridized carbons (Fsp3) is 0.391. The van der Waals surface area contributed by atoms with Crippen molar-refractivity contribution in [2.75, 3.05) is 62.2 Å². The van der Waals surface area contributed by atoms with Gasteiger partial charge in [0.2, 0.25) is 5.91 Å². The van der Waals surface area contributed by atoms with Crippen molar-refractivity contribution < 1.29 is 14.3 Å². The number of carbonyl (C=O) groups is 2. The van der Waals surface area contributed by atoms with Crippen molar-refractivity contribution in [3.05, 3.63) is 54.6 Å². The second-order valence-corrected chi connectivity index (χ2v) is 7.60. The molecule has 1 N–H and O–H groups in total. The number of nitrogens with zero attached hydrogens (tertiary/aromatic N) is 3. The molecule has 0 aliphatic carbocycles. The molecule has 0 atom stereocenters. The van der Waals surface area contributed by atoms with Crippen LogP contribution in [0, 0.1) is 0 Å². The van der Waals surface area contributed by atoms with Crippen LogP contribution >= 0.6 is 0 Å². The molecule has 2 aliphatic heterocycles. The van der Waals surface area contributed by atoms with Crippen molar-refractivity contribution in [3.8, 4) is 5.75 Å². The molecule has 2 aromatic carbocycles. The first-order valence-corrected chi connectivity index (χ1v) is 10.5. The Labute approximate surface area is 177 Å². The number of benzene rings is 2. The van der Waals surface area contributed by atoms with Crippen LogP contribution in [-0.2, 0) is 9.59 Å². The normalized spacial score (nSPS) is 16.7. The van der Waals surface area contributed by atoms with Crippen LogP contribution in [0.3, 0.4) is 0 Å². The van der Waals surface area contributed by atoms with E-state index < -0.39 is 0 Å². The standard InChI is InChI=1S/C23H28N4O3/c28-22(17-27-20-9-4-5-10-21(20)30-18-23(27)29)24-11-6-12-25-13-15-26(16-14-25)19-7-2-1-3-8-19/h1-5,7-10H,6,11-18H2,(H,24,28). The van der Waals surface area contributed by atoms with Crippen molar-refractivity contribution in [2.24, 2.45) is 0 Å². The lowest BCUT2D eigenvalue weighted by Gasteiger charge is -2.36. The van der Waals surface area contributed by atoms with Gasteiger partial charge in [-0.2, -0.15) is 0 Å². The number of carbonyl (C=O) groups excluding carboxylic acids is 2. The van der Waals surface area contributed by atoms with E-state index in [1.54, 1.807) is 6.07 Å². The summed E-state index contributed by atoms with van der Waals surface area (Å²) >= 11 is 0. The molecule has 30 heavy (non-hydrogen) atoms. The van der Waals surface area contributed by atoms with Gasteiger partial charge < -0.3 is 15.0 Å². The Balaban J connectivity index is 1.16. The highest BCUT2D eigenvalue weighted by molar-refractivity contribution is 6.02. The Morgan fingerprint density at radius 2 is 1.70 bits per heavy atom. The van der Waals surface area contributed by atoms with Gasteiger partial charge >= 0.3 is 0 Å². The number of rotatable bonds is 7. The predicted molar refractivity (Wildman–Crippen MR) is 117 cm³/mol. The molecule has 1 fully saturated rings. The number of para-hydroxylation sites is 3. The first-order chi connectivity index (χ1) is 14.7. The highest BCUT2D eigenvalue weighted by atomic mass is 16.5. The van der Waals surface area contributed by atoms with Gasteiger partial charge in [0.15, 0.2) is 6.61 Å². The summed E-state index contributed by atoms with van der Waals surface area (Å²) in [5.74, 6) is 0.300. The molecule has 0 spiro atoms. The average molecular weight is 409 g/mol. The Hall–Kier alpha value is -3.06. The van der Waals surface area contributed by atoms with Crippen molar-refractivity contribution in [2.45, 2.75) is 6.42 Å². The molecule has 158 valence electrons. The zero-order valence-corrected chi connectivity index (χ0v) is 17.1. The first-order valence-electron chi connectivity index (χ1n) is 10.5. The highest BCUT2D eigenvalue weighted by Gasteiger charge is 2.26. The molecule has 0 saturated carbocycles. The van der Waals surface area contributed by atoms with E-state index in [0.29, 0.717) is 18.0 Å². The van der Waals surface area contributed by atoms with E-state index in [2.05, 4.69) is 39.4 Å². The second-order valence-electron chi connectivity index (χ2n) is 7.60. The van der Waals surface area contributed by atoms with Crippen LogP contribution in [0.1, 0.15) is 6.42 Å². The maximum Gasteiger partial charge on any atom is 0.265 e. The van der Waals surface area contributed by atoms with Crippen molar-refractivity contribution >= 4 is 23.2 Å². The molecule has 7 nitrogen and oxygen atoms in total. The lowest BCUT2D eigenvalue weighted by Crippen LogP contribution is -2.47. The number of anilines is 2. The molecule has 4 rings (SSSR count). The van der Waals surface area contributed by atoms with E-state index in [1.165, 1.54) is 10.6 Å². The van der Waals surface area contributed by atoms with Gasteiger partial charge in [-0.15, -0.1) is 0 Å². The van der Waals surface area contributed by atoms with Gasteiger partial charge in [-0.3, -0.25) is 19.4 Å². The zero-order valence-electron chi connectivity index (χ0n) is 17.1. The van der Waals surface area contributed by atoms with Crippen LogP contribution < -0.4 is 19.9 Å². The summed E-state index contributed by atoms with van der Waals surface area (Å²) in [5, 5.41) is 2.94. The summed E-state index contributed by atoms with van der Waals surface area (Å²) in [6.45, 7) is 5.67. The average Bonchev–Trinajstić information content (AvgIpc) is 2.80. The van der Waals surface area contributed by atoms with Gasteiger partial charge in [0.1, 0.15) is 12.3 Å². The number of ether oxygens (including phenoxy) is 1. The summed E-state index contributed by atoms with van der Waals surface area (Å²) in [6.07, 6.45) is 0.894. The van der Waals surface area contributed by atoms with E-state index in [1.807, 2.05) is 24.3 Å². The third kappa shape index (κ3) is 4.91. The van der Waals surface area contributed by atoms with Gasteiger partial charge in [-0.25, -0.2) is 0 Å². The minimum absolute atomic E-state index is 0.0228. The number of piperazine rings is 1. The van der Waals surface area contributed by atoms with Crippen LogP contribution in [0.5, 0.6) is 5.75 Å². The van der Waals surface area contributed by atoms with E-state index in [4.69, 9.17) is 4.74 Å². The Morgan fingerprint density at radius 1 is 0.967 bits per heavy atom. The number of hydrogen-bond donors (Lipinski definition) is 1. The minimum Gasteiger partial charge on any atom is -0.482 e. The molecule has 2 heterocycles. The minimum atomic E-state index is -0.194. The van der Waals surface area contributed by atoms with Crippen LogP contribution in [0.4, 0.5) is 11.4 Å². The maximum atomic E-state index is 12.4. The SMILES string of the molecule is O=C(CN1C(=O)COc2ccccc21)NCCCN1CCN(c2ccccc2)CC1. The fourth-order valence-corrected chi connectivity index (χ4v) is 3.93. The summed E-state index contributed by atoms with van der Waals surface area (Å²) < 4.78 is 5.42. The third-order valence-corrected chi connectivity index (χ3v) is 5.58. The molecule has 2 aromatic rings. The molecule has 7 heteroatoms. The van der Waals surface area contributed by atoms with Crippen LogP contribution in [0.25, 0.3) is 0 Å². The van der Waals surface area contributed by atoms with Crippen molar-refractivity contribution in [1.82, 2.24) is 10.2 Å². The molecule has 0 aromatic heterocycles. The molecule has 0 radical (unpaired) electrons. The van der Waals surface area contributed by atoms with E-state index in [-0.39, 0.29) is 25.0 Å². The lowest BCUT2D eigenvalue weighted by atomic mass is 10.2. The van der Waals surface area contributed by atoms with E-state index in [9.17, 15) is 9.59 Å². The van der Waals surface area contributed by atoms with Gasteiger partial charge in [0, 0.05) is 38.4 Å². The Bertz CT molecular complexity index is 866. The topological polar surface area (TPSA) is 65.1 Å². The first kappa shape index (κ1) is 20.2. The summed E-state index contributed by atoms with van der Waals surface area (Å²) in [6, 6.07) is 17.8. The largest absolute Gasteiger partial charge is 0.482 e. The highest BCUT2D eigenvalue weighted by Crippen LogP contribution is 2.31. The predicted octanol–water partition coefficient (Wildman–Crippen LogP) is 1.74. The Morgan fingerprint density at radius 3 is 2.50 bits per heavy atom.